The van der Waals surface area contributed by atoms with Gasteiger partial charge in [0, 0.05) is 12.5 Å². The fraction of sp³-hybridized carbons (Fsp3) is 0.375. The molecule has 0 fully saturated rings. The number of amides is 2. The highest BCUT2D eigenvalue weighted by Crippen LogP contribution is 2.44. The molecule has 10 heteroatoms. The lowest BCUT2D eigenvalue weighted by atomic mass is 9.97. The van der Waals surface area contributed by atoms with Gasteiger partial charge in [0.05, 0.1) is 0 Å². The van der Waals surface area contributed by atoms with E-state index in [-0.39, 0.29) is 18.9 Å². The molecule has 0 radical (unpaired) electrons. The molecule has 0 saturated carbocycles. The molecule has 3 N–H and O–H groups in total. The molecule has 0 spiro atoms. The van der Waals surface area contributed by atoms with Crippen molar-refractivity contribution in [2.45, 2.75) is 37.9 Å². The first kappa shape index (κ1) is 25.1. The molecule has 1 aliphatic rings. The molecule has 2 amide bonds. The summed E-state index contributed by atoms with van der Waals surface area (Å²) in [7, 11) is 0. The van der Waals surface area contributed by atoms with Gasteiger partial charge in [0.1, 0.15) is 12.1 Å². The van der Waals surface area contributed by atoms with Crippen LogP contribution in [0.5, 0.6) is 0 Å². The van der Waals surface area contributed by atoms with Crippen LogP contribution in [-0.4, -0.2) is 47.9 Å². The Hall–Kier alpha value is -3.56. The van der Waals surface area contributed by atoms with Crippen LogP contribution in [0.1, 0.15) is 37.3 Å². The van der Waals surface area contributed by atoms with Gasteiger partial charge in [0.15, 0.2) is 5.92 Å². The number of rotatable bonds is 8. The minimum atomic E-state index is -5.01. The van der Waals surface area contributed by atoms with Crippen LogP contribution < -0.4 is 10.6 Å². The van der Waals surface area contributed by atoms with E-state index in [1.54, 1.807) is 0 Å². The van der Waals surface area contributed by atoms with Gasteiger partial charge >= 0.3 is 18.2 Å². The summed E-state index contributed by atoms with van der Waals surface area (Å²) in [6, 6.07) is 15.2. The summed E-state index contributed by atoms with van der Waals surface area (Å²) in [6.07, 6.45) is -6.24. The second-order valence-electron chi connectivity index (χ2n) is 8.28. The van der Waals surface area contributed by atoms with Gasteiger partial charge in [-0.25, -0.2) is 9.59 Å². The molecule has 7 nitrogen and oxygen atoms in total. The van der Waals surface area contributed by atoms with E-state index in [4.69, 9.17) is 4.74 Å². The molecule has 0 aliphatic heterocycles. The maximum absolute atomic E-state index is 13.5. The van der Waals surface area contributed by atoms with E-state index in [0.717, 1.165) is 29.2 Å². The SMILES string of the molecule is CCC(C)(NC(=O)C(CNC(=O)OCC1c2ccccc2-c2ccccc21)C(F)(F)F)C(=O)O. The number of fused-ring (bicyclic) bond motifs is 3. The third kappa shape index (κ3) is 5.16. The standard InChI is InChI=1S/C24H25F3N2O5/c1-3-23(2,21(31)32)29-20(30)19(24(25,26)27)12-28-22(33)34-13-18-16-10-6-4-8-14(16)15-9-5-7-11-17(15)18/h4-11,18-19H,3,12-13H2,1-2H3,(H,28,33)(H,29,30)(H,31,32). The molecule has 34 heavy (non-hydrogen) atoms. The Morgan fingerprint density at radius 3 is 2.03 bits per heavy atom. The minimum absolute atomic E-state index is 0.102. The van der Waals surface area contributed by atoms with Crippen molar-refractivity contribution < 1.29 is 37.4 Å². The largest absolute Gasteiger partial charge is 0.480 e. The number of carboxylic acids is 1. The minimum Gasteiger partial charge on any atom is -0.480 e. The molecular formula is C24H25F3N2O5. The number of alkyl carbamates (subject to hydrolysis) is 1. The van der Waals surface area contributed by atoms with Crippen LogP contribution in [0, 0.1) is 5.92 Å². The summed E-state index contributed by atoms with van der Waals surface area (Å²) >= 11 is 0. The molecule has 3 rings (SSSR count). The Bertz CT molecular complexity index is 1040. The Morgan fingerprint density at radius 2 is 1.56 bits per heavy atom. The van der Waals surface area contributed by atoms with Gasteiger partial charge in [0.25, 0.3) is 0 Å². The summed E-state index contributed by atoms with van der Waals surface area (Å²) in [4.78, 5) is 35.8. The van der Waals surface area contributed by atoms with Crippen molar-refractivity contribution in [2.24, 2.45) is 5.92 Å². The number of alkyl halides is 3. The second-order valence-corrected chi connectivity index (χ2v) is 8.28. The highest BCUT2D eigenvalue weighted by molar-refractivity contribution is 5.88. The van der Waals surface area contributed by atoms with Crippen molar-refractivity contribution in [2.75, 3.05) is 13.2 Å². The van der Waals surface area contributed by atoms with Crippen LogP contribution in [0.3, 0.4) is 0 Å². The quantitative estimate of drug-likeness (QED) is 0.531. The van der Waals surface area contributed by atoms with Gasteiger partial charge in [-0.1, -0.05) is 55.5 Å². The van der Waals surface area contributed by atoms with Crippen molar-refractivity contribution in [1.82, 2.24) is 10.6 Å². The smallest absolute Gasteiger partial charge is 0.407 e. The first-order valence-corrected chi connectivity index (χ1v) is 10.7. The van der Waals surface area contributed by atoms with Crippen molar-refractivity contribution in [3.8, 4) is 11.1 Å². The van der Waals surface area contributed by atoms with Gasteiger partial charge in [-0.05, 0) is 35.6 Å². The van der Waals surface area contributed by atoms with Crippen molar-refractivity contribution in [3.63, 3.8) is 0 Å². The number of halogens is 3. The van der Waals surface area contributed by atoms with E-state index in [9.17, 15) is 32.7 Å². The van der Waals surface area contributed by atoms with E-state index >= 15 is 0 Å². The zero-order valence-corrected chi connectivity index (χ0v) is 18.6. The zero-order chi connectivity index (χ0) is 25.1. The van der Waals surface area contributed by atoms with Gasteiger partial charge < -0.3 is 20.5 Å². The topological polar surface area (TPSA) is 105 Å². The Morgan fingerprint density at radius 1 is 1.03 bits per heavy atom. The molecule has 182 valence electrons. The summed E-state index contributed by atoms with van der Waals surface area (Å²) in [5, 5.41) is 13.1. The van der Waals surface area contributed by atoms with Gasteiger partial charge in [-0.2, -0.15) is 13.2 Å². The molecule has 0 bridgehead atoms. The number of aliphatic carboxylic acids is 1. The first-order chi connectivity index (χ1) is 16.0. The van der Waals surface area contributed by atoms with Crippen LogP contribution in [0.2, 0.25) is 0 Å². The molecule has 0 heterocycles. The molecule has 2 aromatic carbocycles. The third-order valence-corrected chi connectivity index (χ3v) is 6.08. The average Bonchev–Trinajstić information content (AvgIpc) is 3.10. The van der Waals surface area contributed by atoms with Crippen LogP contribution >= 0.6 is 0 Å². The maximum Gasteiger partial charge on any atom is 0.407 e. The van der Waals surface area contributed by atoms with Gasteiger partial charge in [-0.15, -0.1) is 0 Å². The predicted molar refractivity (Wildman–Crippen MR) is 117 cm³/mol. The fourth-order valence-corrected chi connectivity index (χ4v) is 3.84. The Kier molecular flexibility index (Phi) is 7.18. The number of carboxylic acid groups (broad SMARTS) is 1. The van der Waals surface area contributed by atoms with Crippen LogP contribution in [0.4, 0.5) is 18.0 Å². The maximum atomic E-state index is 13.5. The third-order valence-electron chi connectivity index (χ3n) is 6.08. The zero-order valence-electron chi connectivity index (χ0n) is 18.6. The summed E-state index contributed by atoms with van der Waals surface area (Å²) in [5.74, 6) is -5.93. The van der Waals surface area contributed by atoms with Crippen LogP contribution in [0.15, 0.2) is 48.5 Å². The van der Waals surface area contributed by atoms with E-state index < -0.39 is 42.1 Å². The van der Waals surface area contributed by atoms with Gasteiger partial charge in [-0.3, -0.25) is 4.79 Å². The van der Waals surface area contributed by atoms with E-state index in [1.165, 1.54) is 6.92 Å². The number of ether oxygens (including phenoxy) is 1. The highest BCUT2D eigenvalue weighted by atomic mass is 19.4. The summed E-state index contributed by atoms with van der Waals surface area (Å²) in [5.41, 5.74) is 2.01. The number of hydrogen-bond donors (Lipinski definition) is 3. The lowest BCUT2D eigenvalue weighted by Crippen LogP contribution is -2.56. The molecule has 1 aliphatic carbocycles. The Labute approximate surface area is 194 Å². The van der Waals surface area contributed by atoms with Crippen molar-refractivity contribution >= 4 is 18.0 Å². The number of carbonyl (C=O) groups is 3. The van der Waals surface area contributed by atoms with Crippen LogP contribution in [-0.2, 0) is 14.3 Å². The number of carbonyl (C=O) groups excluding carboxylic acids is 2. The fourth-order valence-electron chi connectivity index (χ4n) is 3.84. The monoisotopic (exact) mass is 478 g/mol. The molecule has 0 aromatic heterocycles. The van der Waals surface area contributed by atoms with Crippen LogP contribution in [0.25, 0.3) is 11.1 Å². The second kappa shape index (κ2) is 9.74. The van der Waals surface area contributed by atoms with Gasteiger partial charge in [0.2, 0.25) is 5.91 Å². The average molecular weight is 478 g/mol. The highest BCUT2D eigenvalue weighted by Gasteiger charge is 2.47. The van der Waals surface area contributed by atoms with E-state index in [0.29, 0.717) is 0 Å². The normalized spacial score (nSPS) is 15.4. The predicted octanol–water partition coefficient (Wildman–Crippen LogP) is 4.07. The summed E-state index contributed by atoms with van der Waals surface area (Å²) < 4.78 is 45.6. The molecular weight excluding hydrogens is 453 g/mol. The Balaban J connectivity index is 1.64. The number of benzene rings is 2. The molecule has 0 saturated heterocycles. The summed E-state index contributed by atoms with van der Waals surface area (Å²) in [6.45, 7) is 1.34. The lowest BCUT2D eigenvalue weighted by molar-refractivity contribution is -0.183. The molecule has 2 unspecified atom stereocenters. The van der Waals surface area contributed by atoms with E-state index in [1.807, 2.05) is 59.2 Å². The van der Waals surface area contributed by atoms with E-state index in [2.05, 4.69) is 0 Å². The lowest BCUT2D eigenvalue weighted by Gasteiger charge is -2.28. The first-order valence-electron chi connectivity index (χ1n) is 10.7. The molecule has 2 atom stereocenters. The molecule has 2 aromatic rings. The van der Waals surface area contributed by atoms with Crippen molar-refractivity contribution in [1.29, 1.82) is 0 Å². The number of nitrogens with one attached hydrogen (secondary N) is 2. The van der Waals surface area contributed by atoms with Crippen molar-refractivity contribution in [3.05, 3.63) is 59.7 Å². The number of hydrogen-bond acceptors (Lipinski definition) is 4.